The normalized spacial score (nSPS) is 15.5. The number of nitrogens with zero attached hydrogens (tertiary/aromatic N) is 2. The summed E-state index contributed by atoms with van der Waals surface area (Å²) in [6, 6.07) is 6.47. The fourth-order valence-electron chi connectivity index (χ4n) is 2.44. The molecule has 1 aliphatic rings. The van der Waals surface area contributed by atoms with Gasteiger partial charge in [-0.05, 0) is 49.9 Å². The van der Waals surface area contributed by atoms with Crippen LogP contribution in [0.1, 0.15) is 41.0 Å². The molecule has 0 saturated heterocycles. The third kappa shape index (κ3) is 4.02. The number of hydrogen-bond acceptors (Lipinski definition) is 5. The second-order valence-electron chi connectivity index (χ2n) is 5.41. The lowest BCUT2D eigenvalue weighted by Crippen LogP contribution is -2.13. The highest BCUT2D eigenvalue weighted by molar-refractivity contribution is 7.15. The van der Waals surface area contributed by atoms with Crippen LogP contribution in [0.25, 0.3) is 0 Å². The zero-order valence-corrected chi connectivity index (χ0v) is 13.3. The van der Waals surface area contributed by atoms with Crippen molar-refractivity contribution < 1.29 is 22.7 Å². The van der Waals surface area contributed by atoms with Crippen LogP contribution in [0.3, 0.4) is 0 Å². The van der Waals surface area contributed by atoms with E-state index in [0.717, 1.165) is 25.7 Å². The van der Waals surface area contributed by atoms with E-state index < -0.39 is 17.1 Å². The van der Waals surface area contributed by atoms with E-state index in [2.05, 4.69) is 15.5 Å². The molecule has 1 fully saturated rings. The van der Waals surface area contributed by atoms with Crippen molar-refractivity contribution in [1.29, 1.82) is 0 Å². The van der Waals surface area contributed by atoms with Crippen LogP contribution in [0.15, 0.2) is 24.3 Å². The molecule has 24 heavy (non-hydrogen) atoms. The Morgan fingerprint density at radius 3 is 2.42 bits per heavy atom. The summed E-state index contributed by atoms with van der Waals surface area (Å²) in [7, 11) is 0. The number of carbonyl (C=O) groups is 1. The van der Waals surface area contributed by atoms with Gasteiger partial charge in [-0.3, -0.25) is 10.1 Å². The summed E-state index contributed by atoms with van der Waals surface area (Å²) in [6.07, 6.45) is 0.0216. The van der Waals surface area contributed by atoms with Gasteiger partial charge in [-0.25, -0.2) is 0 Å². The van der Waals surface area contributed by atoms with Crippen LogP contribution in [-0.4, -0.2) is 22.2 Å². The SMILES string of the molecule is O=C(Nc1nnc(C(F)(F)F)s1)c1ccc(OC2CCCC2)cc1. The third-order valence-corrected chi connectivity index (χ3v) is 4.49. The summed E-state index contributed by atoms with van der Waals surface area (Å²) < 4.78 is 43.2. The molecule has 1 aromatic heterocycles. The van der Waals surface area contributed by atoms with Gasteiger partial charge in [-0.15, -0.1) is 10.2 Å². The van der Waals surface area contributed by atoms with Crippen molar-refractivity contribution in [3.63, 3.8) is 0 Å². The van der Waals surface area contributed by atoms with E-state index in [4.69, 9.17) is 4.74 Å². The number of ether oxygens (including phenoxy) is 1. The van der Waals surface area contributed by atoms with E-state index in [9.17, 15) is 18.0 Å². The second kappa shape index (κ2) is 6.76. The van der Waals surface area contributed by atoms with Gasteiger partial charge in [-0.1, -0.05) is 11.3 Å². The highest BCUT2D eigenvalue weighted by Gasteiger charge is 2.35. The first-order valence-corrected chi connectivity index (χ1v) is 8.22. The maximum atomic E-state index is 12.5. The fourth-order valence-corrected chi connectivity index (χ4v) is 3.05. The smallest absolute Gasteiger partial charge is 0.445 e. The van der Waals surface area contributed by atoms with Crippen molar-refractivity contribution in [2.24, 2.45) is 0 Å². The van der Waals surface area contributed by atoms with Crippen LogP contribution in [-0.2, 0) is 6.18 Å². The number of alkyl halides is 3. The van der Waals surface area contributed by atoms with Gasteiger partial charge in [0.2, 0.25) is 10.1 Å². The molecule has 9 heteroatoms. The highest BCUT2D eigenvalue weighted by atomic mass is 32.1. The minimum atomic E-state index is -4.57. The Labute approximate surface area is 139 Å². The Balaban J connectivity index is 1.61. The first-order chi connectivity index (χ1) is 11.4. The lowest BCUT2D eigenvalue weighted by Gasteiger charge is -2.13. The molecule has 128 valence electrons. The number of hydrogen-bond donors (Lipinski definition) is 1. The number of rotatable bonds is 4. The molecule has 1 amide bonds. The molecule has 1 aliphatic carbocycles. The molecule has 0 spiro atoms. The molecule has 2 aromatic rings. The van der Waals surface area contributed by atoms with E-state index in [0.29, 0.717) is 11.3 Å². The van der Waals surface area contributed by atoms with Crippen LogP contribution in [0.5, 0.6) is 5.75 Å². The molecular weight excluding hydrogens is 343 g/mol. The first kappa shape index (κ1) is 16.7. The molecule has 1 heterocycles. The molecule has 5 nitrogen and oxygen atoms in total. The van der Waals surface area contributed by atoms with Gasteiger partial charge in [0.25, 0.3) is 5.91 Å². The van der Waals surface area contributed by atoms with Crippen LogP contribution < -0.4 is 10.1 Å². The number of amides is 1. The van der Waals surface area contributed by atoms with Crippen LogP contribution in [0.4, 0.5) is 18.3 Å². The molecule has 1 N–H and O–H groups in total. The van der Waals surface area contributed by atoms with Crippen molar-refractivity contribution in [2.45, 2.75) is 38.0 Å². The predicted molar refractivity (Wildman–Crippen MR) is 82.2 cm³/mol. The minimum absolute atomic E-state index is 0.196. The van der Waals surface area contributed by atoms with Crippen molar-refractivity contribution in [3.05, 3.63) is 34.8 Å². The number of halogens is 3. The number of carbonyl (C=O) groups excluding carboxylic acids is 1. The number of benzene rings is 1. The van der Waals surface area contributed by atoms with Crippen LogP contribution in [0.2, 0.25) is 0 Å². The molecule has 1 aromatic carbocycles. The molecule has 0 atom stereocenters. The number of aromatic nitrogens is 2. The number of nitrogens with one attached hydrogen (secondary N) is 1. The molecule has 0 bridgehead atoms. The zero-order chi connectivity index (χ0) is 17.2. The van der Waals surface area contributed by atoms with Gasteiger partial charge in [0, 0.05) is 5.56 Å². The molecule has 0 unspecified atom stereocenters. The van der Waals surface area contributed by atoms with Crippen molar-refractivity contribution in [3.8, 4) is 5.75 Å². The molecule has 0 radical (unpaired) electrons. The van der Waals surface area contributed by atoms with Crippen molar-refractivity contribution in [2.75, 3.05) is 5.32 Å². The Morgan fingerprint density at radius 2 is 1.83 bits per heavy atom. The summed E-state index contributed by atoms with van der Waals surface area (Å²) in [5, 5.41) is 7.35. The van der Waals surface area contributed by atoms with E-state index >= 15 is 0 Å². The second-order valence-corrected chi connectivity index (χ2v) is 6.39. The molecule has 0 aliphatic heterocycles. The highest BCUT2D eigenvalue weighted by Crippen LogP contribution is 2.33. The summed E-state index contributed by atoms with van der Waals surface area (Å²) >= 11 is 0.283. The summed E-state index contributed by atoms with van der Waals surface area (Å²) in [4.78, 5) is 12.0. The van der Waals surface area contributed by atoms with Crippen molar-refractivity contribution in [1.82, 2.24) is 10.2 Å². The largest absolute Gasteiger partial charge is 0.490 e. The average molecular weight is 357 g/mol. The first-order valence-electron chi connectivity index (χ1n) is 7.40. The predicted octanol–water partition coefficient (Wildman–Crippen LogP) is 4.13. The Morgan fingerprint density at radius 1 is 1.17 bits per heavy atom. The van der Waals surface area contributed by atoms with Gasteiger partial charge in [0.1, 0.15) is 5.75 Å². The summed E-state index contributed by atoms with van der Waals surface area (Å²) in [6.45, 7) is 0. The van der Waals surface area contributed by atoms with Crippen LogP contribution in [0, 0.1) is 0 Å². The van der Waals surface area contributed by atoms with Gasteiger partial charge in [0.05, 0.1) is 6.10 Å². The van der Waals surface area contributed by atoms with Crippen molar-refractivity contribution >= 4 is 22.4 Å². The Hall–Kier alpha value is -2.16. The van der Waals surface area contributed by atoms with E-state index in [1.165, 1.54) is 0 Å². The van der Waals surface area contributed by atoms with Crippen LogP contribution >= 0.6 is 11.3 Å². The molecule has 1 saturated carbocycles. The summed E-state index contributed by atoms with van der Waals surface area (Å²) in [5.74, 6) is 0.126. The lowest BCUT2D eigenvalue weighted by atomic mass is 10.2. The maximum absolute atomic E-state index is 12.5. The topological polar surface area (TPSA) is 64.1 Å². The zero-order valence-electron chi connectivity index (χ0n) is 12.5. The van der Waals surface area contributed by atoms with E-state index in [1.807, 2.05) is 0 Å². The standard InChI is InChI=1S/C15H14F3N3O2S/c16-15(17,18)13-20-21-14(24-13)19-12(22)9-5-7-11(8-6-9)23-10-3-1-2-4-10/h5-8,10H,1-4H2,(H,19,21,22). The average Bonchev–Trinajstić information content (AvgIpc) is 3.19. The van der Waals surface area contributed by atoms with E-state index in [-0.39, 0.29) is 22.6 Å². The Kier molecular flexibility index (Phi) is 4.70. The van der Waals surface area contributed by atoms with Gasteiger partial charge < -0.3 is 4.74 Å². The van der Waals surface area contributed by atoms with E-state index in [1.54, 1.807) is 24.3 Å². The lowest BCUT2D eigenvalue weighted by molar-refractivity contribution is -0.138. The molecule has 3 rings (SSSR count). The Bertz CT molecular complexity index is 709. The fraction of sp³-hybridized carbons (Fsp3) is 0.400. The quantitative estimate of drug-likeness (QED) is 0.894. The maximum Gasteiger partial charge on any atom is 0.445 e. The van der Waals surface area contributed by atoms with Gasteiger partial charge in [-0.2, -0.15) is 13.2 Å². The summed E-state index contributed by atoms with van der Waals surface area (Å²) in [5.41, 5.74) is 0.303. The minimum Gasteiger partial charge on any atom is -0.490 e. The van der Waals surface area contributed by atoms with Gasteiger partial charge in [0.15, 0.2) is 0 Å². The third-order valence-electron chi connectivity index (χ3n) is 3.61. The monoisotopic (exact) mass is 357 g/mol. The number of anilines is 1. The van der Waals surface area contributed by atoms with Gasteiger partial charge >= 0.3 is 6.18 Å². The molecular formula is C15H14F3N3O2S.